The van der Waals surface area contributed by atoms with Crippen LogP contribution in [0.5, 0.6) is 0 Å². The van der Waals surface area contributed by atoms with Crippen molar-refractivity contribution in [3.05, 3.63) is 6.92 Å². The molecule has 1 nitrogen and oxygen atoms in total. The molecule has 2 N–H and O–H groups in total. The van der Waals surface area contributed by atoms with Crippen molar-refractivity contribution in [1.29, 1.82) is 0 Å². The molecule has 0 aliphatic carbocycles. The molecule has 0 fully saturated rings. The summed E-state index contributed by atoms with van der Waals surface area (Å²) >= 11 is 0. The van der Waals surface area contributed by atoms with Crippen LogP contribution in [0, 0.1) is 6.92 Å². The summed E-state index contributed by atoms with van der Waals surface area (Å²) in [6.07, 6.45) is 6.06. The van der Waals surface area contributed by atoms with Crippen LogP contribution in [0.4, 0.5) is 0 Å². The molecule has 55 valence electrons. The number of hydrogen-bond acceptors (Lipinski definition) is 1. The molecule has 0 aliphatic heterocycles. The molecule has 0 rings (SSSR count). The van der Waals surface area contributed by atoms with E-state index < -0.39 is 0 Å². The van der Waals surface area contributed by atoms with E-state index in [1.54, 1.807) is 0 Å². The quantitative estimate of drug-likeness (QED) is 0.564. The van der Waals surface area contributed by atoms with Crippen LogP contribution >= 0.6 is 0 Å². The van der Waals surface area contributed by atoms with Gasteiger partial charge >= 0.3 is 0 Å². The van der Waals surface area contributed by atoms with E-state index in [2.05, 4.69) is 13.8 Å². The van der Waals surface area contributed by atoms with Gasteiger partial charge in [-0.05, 0) is 13.3 Å². The Morgan fingerprint density at radius 3 is 2.44 bits per heavy atom. The van der Waals surface area contributed by atoms with Crippen LogP contribution in [0.1, 0.15) is 39.0 Å². The number of unbranched alkanes of at least 4 members (excludes halogenated alkanes) is 3. The SMILES string of the molecule is [CH2]CCCCCC(C)N. The fourth-order valence-electron chi connectivity index (χ4n) is 0.820. The highest BCUT2D eigenvalue weighted by molar-refractivity contribution is 4.53. The summed E-state index contributed by atoms with van der Waals surface area (Å²) in [7, 11) is 0. The van der Waals surface area contributed by atoms with Crippen LogP contribution < -0.4 is 5.73 Å². The molecule has 9 heavy (non-hydrogen) atoms. The van der Waals surface area contributed by atoms with Gasteiger partial charge in [-0.25, -0.2) is 0 Å². The molecule has 0 saturated heterocycles. The van der Waals surface area contributed by atoms with Gasteiger partial charge in [0.05, 0.1) is 0 Å². The normalized spacial score (nSPS) is 13.7. The van der Waals surface area contributed by atoms with Gasteiger partial charge in [-0.3, -0.25) is 0 Å². The Balaban J connectivity index is 2.75. The molecular weight excluding hydrogens is 110 g/mol. The summed E-state index contributed by atoms with van der Waals surface area (Å²) in [5, 5.41) is 0. The molecule has 0 aromatic carbocycles. The Hall–Kier alpha value is -0.0400. The lowest BCUT2D eigenvalue weighted by atomic mass is 10.1. The van der Waals surface area contributed by atoms with Gasteiger partial charge in [0.2, 0.25) is 0 Å². The Morgan fingerprint density at radius 1 is 1.33 bits per heavy atom. The largest absolute Gasteiger partial charge is 0.328 e. The number of rotatable bonds is 5. The maximum Gasteiger partial charge on any atom is 0.00104 e. The maximum atomic E-state index is 5.56. The lowest BCUT2D eigenvalue weighted by Gasteiger charge is -2.02. The van der Waals surface area contributed by atoms with Crippen molar-refractivity contribution in [2.24, 2.45) is 5.73 Å². The predicted octanol–water partition coefficient (Wildman–Crippen LogP) is 2.12. The zero-order valence-corrected chi connectivity index (χ0v) is 6.40. The van der Waals surface area contributed by atoms with E-state index in [0.717, 1.165) is 6.42 Å². The van der Waals surface area contributed by atoms with Crippen LogP contribution in [0.25, 0.3) is 0 Å². The molecule has 0 spiro atoms. The van der Waals surface area contributed by atoms with Crippen LogP contribution in [-0.2, 0) is 0 Å². The van der Waals surface area contributed by atoms with Crippen molar-refractivity contribution in [2.75, 3.05) is 0 Å². The van der Waals surface area contributed by atoms with Crippen LogP contribution in [-0.4, -0.2) is 6.04 Å². The van der Waals surface area contributed by atoms with E-state index in [0.29, 0.717) is 6.04 Å². The Labute approximate surface area is 58.6 Å². The lowest BCUT2D eigenvalue weighted by molar-refractivity contribution is 0.581. The summed E-state index contributed by atoms with van der Waals surface area (Å²) in [4.78, 5) is 0. The maximum absolute atomic E-state index is 5.56. The third-order valence-corrected chi connectivity index (χ3v) is 1.41. The third kappa shape index (κ3) is 7.96. The number of hydrogen-bond donors (Lipinski definition) is 1. The molecular formula is C8H18N. The van der Waals surface area contributed by atoms with Gasteiger partial charge in [0.1, 0.15) is 0 Å². The summed E-state index contributed by atoms with van der Waals surface area (Å²) in [6.45, 7) is 5.83. The molecule has 0 aliphatic rings. The highest BCUT2D eigenvalue weighted by atomic mass is 14.6. The Morgan fingerprint density at radius 2 is 2.00 bits per heavy atom. The first-order valence-corrected chi connectivity index (χ1v) is 3.82. The summed E-state index contributed by atoms with van der Waals surface area (Å²) in [5.41, 5.74) is 5.56. The van der Waals surface area contributed by atoms with Gasteiger partial charge in [-0.15, -0.1) is 0 Å². The van der Waals surface area contributed by atoms with Gasteiger partial charge in [-0.1, -0.05) is 32.6 Å². The van der Waals surface area contributed by atoms with Crippen molar-refractivity contribution >= 4 is 0 Å². The van der Waals surface area contributed by atoms with E-state index in [-0.39, 0.29) is 0 Å². The third-order valence-electron chi connectivity index (χ3n) is 1.41. The van der Waals surface area contributed by atoms with E-state index >= 15 is 0 Å². The van der Waals surface area contributed by atoms with Gasteiger partial charge in [0.15, 0.2) is 0 Å². The summed E-state index contributed by atoms with van der Waals surface area (Å²) < 4.78 is 0. The topological polar surface area (TPSA) is 26.0 Å². The molecule has 0 aromatic rings. The first-order chi connectivity index (χ1) is 4.27. The van der Waals surface area contributed by atoms with Crippen molar-refractivity contribution < 1.29 is 0 Å². The van der Waals surface area contributed by atoms with Crippen LogP contribution in [0.3, 0.4) is 0 Å². The molecule has 0 bridgehead atoms. The highest BCUT2D eigenvalue weighted by Crippen LogP contribution is 2.02. The summed E-state index contributed by atoms with van der Waals surface area (Å²) in [6, 6.07) is 0.384. The molecule has 1 atom stereocenters. The van der Waals surface area contributed by atoms with E-state index in [4.69, 9.17) is 5.73 Å². The fourth-order valence-corrected chi connectivity index (χ4v) is 0.820. The van der Waals surface area contributed by atoms with Crippen LogP contribution in [0.2, 0.25) is 0 Å². The molecule has 0 saturated carbocycles. The second kappa shape index (κ2) is 6.09. The Kier molecular flexibility index (Phi) is 6.06. The van der Waals surface area contributed by atoms with Gasteiger partial charge in [0.25, 0.3) is 0 Å². The zero-order valence-electron chi connectivity index (χ0n) is 6.40. The number of nitrogens with two attached hydrogens (primary N) is 1. The molecule has 0 heterocycles. The minimum atomic E-state index is 0.384. The molecule has 0 amide bonds. The van der Waals surface area contributed by atoms with E-state index in [9.17, 15) is 0 Å². The van der Waals surface area contributed by atoms with E-state index in [1.165, 1.54) is 25.7 Å². The monoisotopic (exact) mass is 128 g/mol. The first-order valence-electron chi connectivity index (χ1n) is 3.82. The summed E-state index contributed by atoms with van der Waals surface area (Å²) in [5.74, 6) is 0. The van der Waals surface area contributed by atoms with Crippen molar-refractivity contribution in [3.63, 3.8) is 0 Å². The van der Waals surface area contributed by atoms with E-state index in [1.807, 2.05) is 0 Å². The zero-order chi connectivity index (χ0) is 7.11. The second-order valence-electron chi connectivity index (χ2n) is 2.68. The predicted molar refractivity (Wildman–Crippen MR) is 42.1 cm³/mol. The average Bonchev–Trinajstić information content (AvgIpc) is 1.80. The molecule has 1 heteroatoms. The highest BCUT2D eigenvalue weighted by Gasteiger charge is 1.91. The van der Waals surface area contributed by atoms with Crippen molar-refractivity contribution in [1.82, 2.24) is 0 Å². The van der Waals surface area contributed by atoms with Gasteiger partial charge in [-0.2, -0.15) is 0 Å². The van der Waals surface area contributed by atoms with Gasteiger partial charge in [0, 0.05) is 6.04 Å². The van der Waals surface area contributed by atoms with Gasteiger partial charge < -0.3 is 5.73 Å². The smallest absolute Gasteiger partial charge is 0.00104 e. The first kappa shape index (κ1) is 8.96. The van der Waals surface area contributed by atoms with Crippen LogP contribution in [0.15, 0.2) is 0 Å². The lowest BCUT2D eigenvalue weighted by Crippen LogP contribution is -2.13. The molecule has 0 aromatic heterocycles. The molecule has 1 unspecified atom stereocenters. The standard InChI is InChI=1S/C8H18N/c1-3-4-5-6-7-8(2)9/h8H,1,3-7,9H2,2H3. The second-order valence-corrected chi connectivity index (χ2v) is 2.68. The van der Waals surface area contributed by atoms with Crippen molar-refractivity contribution in [2.45, 2.75) is 45.1 Å². The minimum Gasteiger partial charge on any atom is -0.328 e. The molecule has 1 radical (unpaired) electrons. The fraction of sp³-hybridized carbons (Fsp3) is 0.875. The average molecular weight is 128 g/mol. The van der Waals surface area contributed by atoms with Crippen molar-refractivity contribution in [3.8, 4) is 0 Å². The minimum absolute atomic E-state index is 0.384. The Bertz CT molecular complexity index is 50.5.